The smallest absolute Gasteiger partial charge is 0.228 e. The van der Waals surface area contributed by atoms with Gasteiger partial charge in [-0.25, -0.2) is 4.98 Å². The minimum atomic E-state index is -0.365. The SMILES string of the molecule is COC1O/C(=C\C(C)(C)C)c2nc3ccccc3cc21. The molecule has 1 aromatic heterocycles. The molecule has 3 nitrogen and oxygen atoms in total. The van der Waals surface area contributed by atoms with E-state index in [2.05, 4.69) is 39.0 Å². The molecule has 1 unspecified atom stereocenters. The highest BCUT2D eigenvalue weighted by molar-refractivity contribution is 5.82. The maximum absolute atomic E-state index is 5.90. The van der Waals surface area contributed by atoms with Crippen molar-refractivity contribution in [1.82, 2.24) is 4.98 Å². The Bertz CT molecular complexity index is 683. The topological polar surface area (TPSA) is 31.4 Å². The van der Waals surface area contributed by atoms with Crippen molar-refractivity contribution in [2.45, 2.75) is 27.1 Å². The largest absolute Gasteiger partial charge is 0.459 e. The summed E-state index contributed by atoms with van der Waals surface area (Å²) in [6, 6.07) is 10.2. The number of hydrogen-bond donors (Lipinski definition) is 0. The van der Waals surface area contributed by atoms with E-state index in [1.165, 1.54) is 0 Å². The van der Waals surface area contributed by atoms with Crippen molar-refractivity contribution in [1.29, 1.82) is 0 Å². The predicted octanol–water partition coefficient (Wildman–Crippen LogP) is 4.30. The summed E-state index contributed by atoms with van der Waals surface area (Å²) in [5.41, 5.74) is 2.90. The molecule has 0 radical (unpaired) electrons. The molecule has 0 amide bonds. The van der Waals surface area contributed by atoms with Gasteiger partial charge in [-0.3, -0.25) is 0 Å². The number of benzene rings is 1. The third-order valence-electron chi connectivity index (χ3n) is 3.25. The minimum absolute atomic E-state index is 0.0303. The van der Waals surface area contributed by atoms with Crippen LogP contribution in [-0.2, 0) is 9.47 Å². The van der Waals surface area contributed by atoms with E-state index in [0.29, 0.717) is 0 Å². The van der Waals surface area contributed by atoms with E-state index in [1.807, 2.05) is 18.2 Å². The number of para-hydroxylation sites is 1. The second kappa shape index (κ2) is 4.60. The van der Waals surface area contributed by atoms with Gasteiger partial charge in [0.2, 0.25) is 6.29 Å². The third kappa shape index (κ3) is 2.29. The normalized spacial score (nSPS) is 20.2. The van der Waals surface area contributed by atoms with E-state index >= 15 is 0 Å². The standard InChI is InChI=1S/C17H19NO2/c1-17(2,3)10-14-15-12(16(19-4)20-14)9-11-7-5-6-8-13(11)18-15/h5-10,16H,1-4H3/b14-10-. The lowest BCUT2D eigenvalue weighted by molar-refractivity contribution is -0.0652. The van der Waals surface area contributed by atoms with Gasteiger partial charge in [0.05, 0.1) is 11.1 Å². The molecule has 1 aromatic carbocycles. The van der Waals surface area contributed by atoms with Crippen molar-refractivity contribution < 1.29 is 9.47 Å². The number of allylic oxidation sites excluding steroid dienone is 1. The molecule has 1 aliphatic heterocycles. The van der Waals surface area contributed by atoms with Gasteiger partial charge in [0.1, 0.15) is 11.5 Å². The Kier molecular flexibility index (Phi) is 3.02. The van der Waals surface area contributed by atoms with Crippen LogP contribution < -0.4 is 0 Å². The van der Waals surface area contributed by atoms with Crippen molar-refractivity contribution >= 4 is 16.7 Å². The van der Waals surface area contributed by atoms with Crippen LogP contribution in [-0.4, -0.2) is 12.1 Å². The molecule has 0 N–H and O–H groups in total. The first-order valence-corrected chi connectivity index (χ1v) is 6.80. The van der Waals surface area contributed by atoms with E-state index in [1.54, 1.807) is 7.11 Å². The first-order valence-electron chi connectivity index (χ1n) is 6.80. The first kappa shape index (κ1) is 13.1. The molecule has 2 heterocycles. The monoisotopic (exact) mass is 269 g/mol. The molecule has 0 spiro atoms. The number of pyridine rings is 1. The summed E-state index contributed by atoms with van der Waals surface area (Å²) in [7, 11) is 1.66. The summed E-state index contributed by atoms with van der Waals surface area (Å²) < 4.78 is 11.3. The Labute approximate surface area is 119 Å². The zero-order valence-electron chi connectivity index (χ0n) is 12.3. The molecule has 0 fully saturated rings. The Morgan fingerprint density at radius 1 is 1.25 bits per heavy atom. The van der Waals surface area contributed by atoms with E-state index in [9.17, 15) is 0 Å². The molecule has 0 saturated carbocycles. The Morgan fingerprint density at radius 3 is 2.70 bits per heavy atom. The van der Waals surface area contributed by atoms with Crippen molar-refractivity contribution in [2.24, 2.45) is 5.41 Å². The predicted molar refractivity (Wildman–Crippen MR) is 80.0 cm³/mol. The number of hydrogen-bond acceptors (Lipinski definition) is 3. The molecule has 20 heavy (non-hydrogen) atoms. The Morgan fingerprint density at radius 2 is 2.00 bits per heavy atom. The molecule has 1 atom stereocenters. The van der Waals surface area contributed by atoms with Crippen LogP contribution in [0.1, 0.15) is 38.3 Å². The number of methoxy groups -OCH3 is 1. The van der Waals surface area contributed by atoms with Crippen LogP contribution in [0.5, 0.6) is 0 Å². The quantitative estimate of drug-likeness (QED) is 0.773. The van der Waals surface area contributed by atoms with Gasteiger partial charge in [-0.05, 0) is 23.6 Å². The van der Waals surface area contributed by atoms with Gasteiger partial charge in [-0.15, -0.1) is 0 Å². The van der Waals surface area contributed by atoms with E-state index in [4.69, 9.17) is 14.5 Å². The Hall–Kier alpha value is -1.87. The van der Waals surface area contributed by atoms with Crippen LogP contribution in [0.15, 0.2) is 36.4 Å². The number of aromatic nitrogens is 1. The van der Waals surface area contributed by atoms with Gasteiger partial charge in [-0.1, -0.05) is 39.0 Å². The fourth-order valence-corrected chi connectivity index (χ4v) is 2.41. The van der Waals surface area contributed by atoms with Gasteiger partial charge < -0.3 is 9.47 Å². The van der Waals surface area contributed by atoms with Gasteiger partial charge in [0.25, 0.3) is 0 Å². The number of rotatable bonds is 1. The fraction of sp³-hybridized carbons (Fsp3) is 0.353. The highest BCUT2D eigenvalue weighted by Crippen LogP contribution is 2.40. The molecule has 104 valence electrons. The lowest BCUT2D eigenvalue weighted by atomic mass is 9.95. The second-order valence-electron chi connectivity index (χ2n) is 6.18. The van der Waals surface area contributed by atoms with Crippen LogP contribution in [0, 0.1) is 5.41 Å². The first-order chi connectivity index (χ1) is 9.48. The fourth-order valence-electron chi connectivity index (χ4n) is 2.41. The zero-order valence-corrected chi connectivity index (χ0v) is 12.3. The molecule has 0 saturated heterocycles. The molecule has 0 bridgehead atoms. The van der Waals surface area contributed by atoms with Crippen LogP contribution in [0.25, 0.3) is 16.7 Å². The average Bonchev–Trinajstić information content (AvgIpc) is 2.72. The van der Waals surface area contributed by atoms with Crippen molar-refractivity contribution in [3.8, 4) is 0 Å². The van der Waals surface area contributed by atoms with E-state index in [0.717, 1.165) is 27.9 Å². The molecular formula is C17H19NO2. The highest BCUT2D eigenvalue weighted by atomic mass is 16.7. The second-order valence-corrected chi connectivity index (χ2v) is 6.18. The third-order valence-corrected chi connectivity index (χ3v) is 3.25. The molecular weight excluding hydrogens is 250 g/mol. The van der Waals surface area contributed by atoms with Gasteiger partial charge in [0, 0.05) is 12.5 Å². The number of fused-ring (bicyclic) bond motifs is 2. The van der Waals surface area contributed by atoms with Crippen LogP contribution in [0.2, 0.25) is 0 Å². The molecule has 2 aromatic rings. The van der Waals surface area contributed by atoms with Gasteiger partial charge in [0.15, 0.2) is 0 Å². The zero-order chi connectivity index (χ0) is 14.3. The maximum atomic E-state index is 5.90. The minimum Gasteiger partial charge on any atom is -0.459 e. The highest BCUT2D eigenvalue weighted by Gasteiger charge is 2.31. The van der Waals surface area contributed by atoms with Crippen LogP contribution in [0.4, 0.5) is 0 Å². The lowest BCUT2D eigenvalue weighted by Crippen LogP contribution is -2.02. The van der Waals surface area contributed by atoms with Gasteiger partial charge >= 0.3 is 0 Å². The van der Waals surface area contributed by atoms with E-state index < -0.39 is 0 Å². The summed E-state index contributed by atoms with van der Waals surface area (Å²) in [5, 5.41) is 1.11. The summed E-state index contributed by atoms with van der Waals surface area (Å²) in [6.45, 7) is 6.43. The summed E-state index contributed by atoms with van der Waals surface area (Å²) in [6.07, 6.45) is 1.74. The molecule has 3 heteroatoms. The van der Waals surface area contributed by atoms with Crippen LogP contribution in [0.3, 0.4) is 0 Å². The summed E-state index contributed by atoms with van der Waals surface area (Å²) in [5.74, 6) is 0.810. The summed E-state index contributed by atoms with van der Waals surface area (Å²) in [4.78, 5) is 4.75. The van der Waals surface area contributed by atoms with Crippen molar-refractivity contribution in [3.63, 3.8) is 0 Å². The maximum Gasteiger partial charge on any atom is 0.228 e. The van der Waals surface area contributed by atoms with Crippen LogP contribution >= 0.6 is 0 Å². The average molecular weight is 269 g/mol. The lowest BCUT2D eigenvalue weighted by Gasteiger charge is -2.14. The number of ether oxygens (including phenoxy) is 2. The number of nitrogens with zero attached hydrogens (tertiary/aromatic N) is 1. The summed E-state index contributed by atoms with van der Waals surface area (Å²) >= 11 is 0. The van der Waals surface area contributed by atoms with Crippen molar-refractivity contribution in [3.05, 3.63) is 47.7 Å². The van der Waals surface area contributed by atoms with Gasteiger partial charge in [-0.2, -0.15) is 0 Å². The molecule has 1 aliphatic rings. The molecule has 0 aliphatic carbocycles. The Balaban J connectivity index is 2.20. The molecule has 3 rings (SSSR count). The van der Waals surface area contributed by atoms with Crippen molar-refractivity contribution in [2.75, 3.05) is 7.11 Å². The van der Waals surface area contributed by atoms with E-state index in [-0.39, 0.29) is 11.7 Å².